The number of nitrogens with zero attached hydrogens (tertiary/aromatic N) is 1. The number of benzene rings is 1. The number of rotatable bonds is 7. The van der Waals surface area contributed by atoms with Crippen LogP contribution in [0.5, 0.6) is 5.88 Å². The lowest BCUT2D eigenvalue weighted by atomic mass is 10.2. The summed E-state index contributed by atoms with van der Waals surface area (Å²) >= 11 is 3.39. The quantitative estimate of drug-likeness (QED) is 0.763. The average molecular weight is 353 g/mol. The first-order valence-corrected chi connectivity index (χ1v) is 7.70. The van der Waals surface area contributed by atoms with Crippen molar-refractivity contribution in [3.63, 3.8) is 0 Å². The molecule has 0 atom stereocenters. The molecule has 0 aliphatic heterocycles. The van der Waals surface area contributed by atoms with Gasteiger partial charge < -0.3 is 10.1 Å². The van der Waals surface area contributed by atoms with Crippen LogP contribution in [0.2, 0.25) is 0 Å². The van der Waals surface area contributed by atoms with Gasteiger partial charge in [0, 0.05) is 16.6 Å². The Hall–Kier alpha value is -1.46. The van der Waals surface area contributed by atoms with E-state index in [4.69, 9.17) is 4.74 Å². The molecule has 2 aromatic rings. The Morgan fingerprint density at radius 2 is 2.05 bits per heavy atom. The van der Waals surface area contributed by atoms with Gasteiger partial charge in [-0.05, 0) is 36.7 Å². The minimum atomic E-state index is -0.348. The van der Waals surface area contributed by atoms with Crippen LogP contribution in [0.3, 0.4) is 0 Å². The van der Waals surface area contributed by atoms with Crippen LogP contribution in [-0.4, -0.2) is 11.5 Å². The first-order valence-electron chi connectivity index (χ1n) is 6.91. The first kappa shape index (κ1) is 15.9. The van der Waals surface area contributed by atoms with Gasteiger partial charge in [0.25, 0.3) is 0 Å². The summed E-state index contributed by atoms with van der Waals surface area (Å²) in [5.74, 6) is 0.127. The summed E-state index contributed by atoms with van der Waals surface area (Å²) in [6.07, 6.45) is 2.21. The van der Waals surface area contributed by atoms with E-state index in [1.807, 2.05) is 24.3 Å². The Labute approximate surface area is 132 Å². The molecule has 0 unspecified atom stereocenters. The second-order valence-corrected chi connectivity index (χ2v) is 5.63. The molecular weight excluding hydrogens is 335 g/mol. The maximum absolute atomic E-state index is 13.3. The van der Waals surface area contributed by atoms with Gasteiger partial charge in [-0.3, -0.25) is 0 Å². The van der Waals surface area contributed by atoms with E-state index < -0.39 is 0 Å². The topological polar surface area (TPSA) is 34.2 Å². The van der Waals surface area contributed by atoms with Crippen LogP contribution in [0, 0.1) is 5.82 Å². The van der Waals surface area contributed by atoms with E-state index in [0.29, 0.717) is 19.0 Å². The maximum Gasteiger partial charge on any atom is 0.218 e. The monoisotopic (exact) mass is 352 g/mol. The number of hydrogen-bond acceptors (Lipinski definition) is 3. The first-order chi connectivity index (χ1) is 10.2. The Kier molecular flexibility index (Phi) is 6.14. The van der Waals surface area contributed by atoms with Crippen molar-refractivity contribution < 1.29 is 9.13 Å². The van der Waals surface area contributed by atoms with Gasteiger partial charge in [0.2, 0.25) is 5.88 Å². The lowest BCUT2D eigenvalue weighted by Crippen LogP contribution is -2.15. The fraction of sp³-hybridized carbons (Fsp3) is 0.312. The molecule has 1 heterocycles. The molecule has 0 bridgehead atoms. The molecule has 3 nitrogen and oxygen atoms in total. The van der Waals surface area contributed by atoms with E-state index >= 15 is 0 Å². The number of hydrogen-bond donors (Lipinski definition) is 1. The minimum Gasteiger partial charge on any atom is -0.473 e. The standard InChI is InChI=1S/C16H18BrFN2O/c1-2-7-19-9-13-8-15(18)10-20-16(13)21-11-12-3-5-14(17)6-4-12/h3-6,8,10,19H,2,7,9,11H2,1H3. The van der Waals surface area contributed by atoms with Gasteiger partial charge in [-0.25, -0.2) is 9.37 Å². The molecule has 0 spiro atoms. The van der Waals surface area contributed by atoms with Gasteiger partial charge in [-0.2, -0.15) is 0 Å². The van der Waals surface area contributed by atoms with Gasteiger partial charge in [0.05, 0.1) is 6.20 Å². The Bertz CT molecular complexity index is 575. The number of nitrogens with one attached hydrogen (secondary N) is 1. The second-order valence-electron chi connectivity index (χ2n) is 4.71. The highest BCUT2D eigenvalue weighted by Crippen LogP contribution is 2.18. The minimum absolute atomic E-state index is 0.348. The van der Waals surface area contributed by atoms with Crippen molar-refractivity contribution in [2.24, 2.45) is 0 Å². The van der Waals surface area contributed by atoms with Crippen molar-refractivity contribution in [1.82, 2.24) is 10.3 Å². The molecule has 0 aliphatic carbocycles. The van der Waals surface area contributed by atoms with Crippen LogP contribution in [0.1, 0.15) is 24.5 Å². The highest BCUT2D eigenvalue weighted by molar-refractivity contribution is 9.10. The van der Waals surface area contributed by atoms with Crippen molar-refractivity contribution in [3.05, 3.63) is 57.9 Å². The molecule has 112 valence electrons. The van der Waals surface area contributed by atoms with Gasteiger partial charge in [-0.15, -0.1) is 0 Å². The summed E-state index contributed by atoms with van der Waals surface area (Å²) < 4.78 is 20.1. The third kappa shape index (κ3) is 5.10. The molecule has 0 radical (unpaired) electrons. The summed E-state index contributed by atoms with van der Waals surface area (Å²) in [4.78, 5) is 4.04. The van der Waals surface area contributed by atoms with Crippen molar-refractivity contribution in [2.75, 3.05) is 6.54 Å². The van der Waals surface area contributed by atoms with Crippen LogP contribution < -0.4 is 10.1 Å². The lowest BCUT2D eigenvalue weighted by Gasteiger charge is -2.11. The normalized spacial score (nSPS) is 10.6. The highest BCUT2D eigenvalue weighted by atomic mass is 79.9. The molecule has 0 saturated carbocycles. The maximum atomic E-state index is 13.3. The molecule has 1 aromatic heterocycles. The molecule has 21 heavy (non-hydrogen) atoms. The van der Waals surface area contributed by atoms with Crippen molar-refractivity contribution in [3.8, 4) is 5.88 Å². The number of ether oxygens (including phenoxy) is 1. The average Bonchev–Trinajstić information content (AvgIpc) is 2.48. The molecule has 5 heteroatoms. The fourth-order valence-corrected chi connectivity index (χ4v) is 2.12. The molecule has 2 rings (SSSR count). The summed E-state index contributed by atoms with van der Waals surface area (Å²) in [5.41, 5.74) is 1.78. The van der Waals surface area contributed by atoms with Crippen molar-refractivity contribution in [1.29, 1.82) is 0 Å². The van der Waals surface area contributed by atoms with Crippen LogP contribution in [0.15, 0.2) is 41.0 Å². The zero-order chi connectivity index (χ0) is 15.1. The van der Waals surface area contributed by atoms with Crippen molar-refractivity contribution >= 4 is 15.9 Å². The van der Waals surface area contributed by atoms with Gasteiger partial charge in [0.15, 0.2) is 0 Å². The second kappa shape index (κ2) is 8.10. The summed E-state index contributed by atoms with van der Waals surface area (Å²) in [6.45, 7) is 3.92. The zero-order valence-corrected chi connectivity index (χ0v) is 13.5. The molecule has 1 N–H and O–H groups in total. The third-order valence-electron chi connectivity index (χ3n) is 2.92. The summed E-state index contributed by atoms with van der Waals surface area (Å²) in [6, 6.07) is 9.33. The van der Waals surface area contributed by atoms with Crippen LogP contribution in [-0.2, 0) is 13.2 Å². The van der Waals surface area contributed by atoms with E-state index in [2.05, 4.69) is 33.2 Å². The Balaban J connectivity index is 2.02. The predicted octanol–water partition coefficient (Wildman–Crippen LogP) is 4.06. The zero-order valence-electron chi connectivity index (χ0n) is 11.9. The van der Waals surface area contributed by atoms with Gasteiger partial charge in [-0.1, -0.05) is 35.0 Å². The molecule has 0 aliphatic rings. The van der Waals surface area contributed by atoms with Crippen LogP contribution in [0.25, 0.3) is 0 Å². The van der Waals surface area contributed by atoms with E-state index in [0.717, 1.165) is 28.6 Å². The molecule has 1 aromatic carbocycles. The molecule has 0 fully saturated rings. The predicted molar refractivity (Wildman–Crippen MR) is 84.7 cm³/mol. The lowest BCUT2D eigenvalue weighted by molar-refractivity contribution is 0.288. The van der Waals surface area contributed by atoms with E-state index in [9.17, 15) is 4.39 Å². The highest BCUT2D eigenvalue weighted by Gasteiger charge is 2.07. The summed E-state index contributed by atoms with van der Waals surface area (Å²) in [7, 11) is 0. The Morgan fingerprint density at radius 1 is 1.29 bits per heavy atom. The SMILES string of the molecule is CCCNCc1cc(F)cnc1OCc1ccc(Br)cc1. The molecule has 0 saturated heterocycles. The van der Waals surface area contributed by atoms with E-state index in [1.54, 1.807) is 0 Å². The molecular formula is C16H18BrFN2O. The number of halogens is 2. The van der Waals surface area contributed by atoms with E-state index in [-0.39, 0.29) is 5.82 Å². The third-order valence-corrected chi connectivity index (χ3v) is 3.45. The van der Waals surface area contributed by atoms with Gasteiger partial charge >= 0.3 is 0 Å². The van der Waals surface area contributed by atoms with Crippen molar-refractivity contribution in [2.45, 2.75) is 26.5 Å². The largest absolute Gasteiger partial charge is 0.473 e. The Morgan fingerprint density at radius 3 is 2.76 bits per heavy atom. The molecule has 0 amide bonds. The smallest absolute Gasteiger partial charge is 0.218 e. The fourth-order valence-electron chi connectivity index (χ4n) is 1.86. The number of pyridine rings is 1. The van der Waals surface area contributed by atoms with Crippen LogP contribution >= 0.6 is 15.9 Å². The van der Waals surface area contributed by atoms with E-state index in [1.165, 1.54) is 12.3 Å². The summed E-state index contributed by atoms with van der Waals surface area (Å²) in [5, 5.41) is 3.23. The number of aromatic nitrogens is 1. The van der Waals surface area contributed by atoms with Crippen LogP contribution in [0.4, 0.5) is 4.39 Å². The van der Waals surface area contributed by atoms with Gasteiger partial charge in [0.1, 0.15) is 12.4 Å².